The molecule has 4 heteroatoms. The number of hydrogen-bond donors (Lipinski definition) is 1. The summed E-state index contributed by atoms with van der Waals surface area (Å²) in [5, 5.41) is 0. The number of imidazole rings is 1. The molecule has 0 aliphatic carbocycles. The standard InChI is InChI=1S/C13H17N3O/c1-17-13-5-3-2-4-11(13)6-7-16-9-12(8-14)15-10-16/h2-5,9-10H,6-8,14H2,1H3. The fourth-order valence-corrected chi connectivity index (χ4v) is 1.79. The van der Waals surface area contributed by atoms with Crippen LogP contribution in [0.3, 0.4) is 0 Å². The average Bonchev–Trinajstić information content (AvgIpc) is 2.84. The number of para-hydroxylation sites is 1. The van der Waals surface area contributed by atoms with Gasteiger partial charge in [-0.15, -0.1) is 0 Å². The summed E-state index contributed by atoms with van der Waals surface area (Å²) in [5.74, 6) is 0.937. The number of benzene rings is 1. The number of hydrogen-bond acceptors (Lipinski definition) is 3. The van der Waals surface area contributed by atoms with E-state index in [0.717, 1.165) is 24.4 Å². The fourth-order valence-electron chi connectivity index (χ4n) is 1.79. The Hall–Kier alpha value is -1.81. The number of rotatable bonds is 5. The predicted molar refractivity (Wildman–Crippen MR) is 66.8 cm³/mol. The molecule has 2 N–H and O–H groups in total. The van der Waals surface area contributed by atoms with Crippen LogP contribution in [0, 0.1) is 0 Å². The lowest BCUT2D eigenvalue weighted by molar-refractivity contribution is 0.408. The van der Waals surface area contributed by atoms with Crippen molar-refractivity contribution in [1.29, 1.82) is 0 Å². The molecule has 0 unspecified atom stereocenters. The van der Waals surface area contributed by atoms with Gasteiger partial charge in [-0.2, -0.15) is 0 Å². The molecule has 1 aromatic heterocycles. The monoisotopic (exact) mass is 231 g/mol. The van der Waals surface area contributed by atoms with Crippen molar-refractivity contribution < 1.29 is 4.74 Å². The van der Waals surface area contributed by atoms with E-state index in [0.29, 0.717) is 6.54 Å². The third-order valence-corrected chi connectivity index (χ3v) is 2.73. The minimum absolute atomic E-state index is 0.488. The van der Waals surface area contributed by atoms with E-state index in [4.69, 9.17) is 10.5 Å². The van der Waals surface area contributed by atoms with Crippen molar-refractivity contribution in [3.63, 3.8) is 0 Å². The van der Waals surface area contributed by atoms with E-state index in [1.165, 1.54) is 5.56 Å². The van der Waals surface area contributed by atoms with E-state index in [-0.39, 0.29) is 0 Å². The molecular weight excluding hydrogens is 214 g/mol. The van der Waals surface area contributed by atoms with Crippen LogP contribution in [0.4, 0.5) is 0 Å². The maximum Gasteiger partial charge on any atom is 0.122 e. The third-order valence-electron chi connectivity index (χ3n) is 2.73. The number of aryl methyl sites for hydroxylation is 2. The van der Waals surface area contributed by atoms with Crippen molar-refractivity contribution in [2.75, 3.05) is 7.11 Å². The molecule has 0 saturated carbocycles. The summed E-state index contributed by atoms with van der Waals surface area (Å²) in [5.41, 5.74) is 7.65. The Bertz CT molecular complexity index is 479. The van der Waals surface area contributed by atoms with Crippen molar-refractivity contribution in [3.05, 3.63) is 48.0 Å². The smallest absolute Gasteiger partial charge is 0.122 e. The molecule has 0 amide bonds. The van der Waals surface area contributed by atoms with Gasteiger partial charge in [0, 0.05) is 19.3 Å². The van der Waals surface area contributed by atoms with E-state index in [9.17, 15) is 0 Å². The highest BCUT2D eigenvalue weighted by atomic mass is 16.5. The first-order chi connectivity index (χ1) is 8.33. The summed E-state index contributed by atoms with van der Waals surface area (Å²) in [6.45, 7) is 1.37. The zero-order valence-electron chi connectivity index (χ0n) is 9.97. The molecule has 0 bridgehead atoms. The summed E-state index contributed by atoms with van der Waals surface area (Å²) in [4.78, 5) is 4.20. The first-order valence-electron chi connectivity index (χ1n) is 5.66. The molecular formula is C13H17N3O. The molecule has 0 spiro atoms. The molecule has 90 valence electrons. The van der Waals surface area contributed by atoms with E-state index in [2.05, 4.69) is 15.6 Å². The van der Waals surface area contributed by atoms with Crippen molar-refractivity contribution in [2.45, 2.75) is 19.5 Å². The normalized spacial score (nSPS) is 10.5. The Kier molecular flexibility index (Phi) is 3.77. The van der Waals surface area contributed by atoms with Gasteiger partial charge in [0.05, 0.1) is 19.1 Å². The minimum atomic E-state index is 0.488. The van der Waals surface area contributed by atoms with Crippen LogP contribution in [-0.2, 0) is 19.5 Å². The zero-order valence-corrected chi connectivity index (χ0v) is 9.97. The second-order valence-corrected chi connectivity index (χ2v) is 3.87. The van der Waals surface area contributed by atoms with E-state index >= 15 is 0 Å². The zero-order chi connectivity index (χ0) is 12.1. The predicted octanol–water partition coefficient (Wildman–Crippen LogP) is 1.59. The van der Waals surface area contributed by atoms with Gasteiger partial charge in [0.1, 0.15) is 5.75 Å². The SMILES string of the molecule is COc1ccccc1CCn1cnc(CN)c1. The second-order valence-electron chi connectivity index (χ2n) is 3.87. The molecule has 1 heterocycles. The largest absolute Gasteiger partial charge is 0.496 e. The maximum absolute atomic E-state index is 5.52. The Morgan fingerprint density at radius 3 is 2.88 bits per heavy atom. The summed E-state index contributed by atoms with van der Waals surface area (Å²) in [6.07, 6.45) is 4.72. The van der Waals surface area contributed by atoms with Gasteiger partial charge in [-0.3, -0.25) is 0 Å². The van der Waals surface area contributed by atoms with Crippen LogP contribution in [0.1, 0.15) is 11.3 Å². The summed E-state index contributed by atoms with van der Waals surface area (Å²) in [6, 6.07) is 8.07. The van der Waals surface area contributed by atoms with E-state index in [1.807, 2.05) is 30.7 Å². The van der Waals surface area contributed by atoms with Crippen LogP contribution in [0.5, 0.6) is 5.75 Å². The number of aromatic nitrogens is 2. The van der Waals surface area contributed by atoms with Crippen LogP contribution in [0.25, 0.3) is 0 Å². The van der Waals surface area contributed by atoms with Crippen molar-refractivity contribution in [1.82, 2.24) is 9.55 Å². The molecule has 0 saturated heterocycles. The Morgan fingerprint density at radius 2 is 2.18 bits per heavy atom. The molecule has 0 aliphatic rings. The van der Waals surface area contributed by atoms with Gasteiger partial charge in [0.25, 0.3) is 0 Å². The van der Waals surface area contributed by atoms with Gasteiger partial charge in [-0.1, -0.05) is 18.2 Å². The second kappa shape index (κ2) is 5.50. The quantitative estimate of drug-likeness (QED) is 0.850. The molecule has 0 fully saturated rings. The molecule has 1 aromatic carbocycles. The summed E-state index contributed by atoms with van der Waals surface area (Å²) in [7, 11) is 1.70. The number of nitrogens with zero attached hydrogens (tertiary/aromatic N) is 2. The summed E-state index contributed by atoms with van der Waals surface area (Å²) < 4.78 is 7.37. The molecule has 4 nitrogen and oxygen atoms in total. The highest BCUT2D eigenvalue weighted by Crippen LogP contribution is 2.18. The molecule has 0 atom stereocenters. The number of nitrogens with two attached hydrogens (primary N) is 1. The lowest BCUT2D eigenvalue weighted by Gasteiger charge is -2.08. The molecule has 0 aliphatic heterocycles. The molecule has 2 aromatic rings. The van der Waals surface area contributed by atoms with Crippen molar-refractivity contribution in [2.24, 2.45) is 5.73 Å². The van der Waals surface area contributed by atoms with Crippen LogP contribution in [0.15, 0.2) is 36.8 Å². The highest BCUT2D eigenvalue weighted by molar-refractivity contribution is 5.33. The van der Waals surface area contributed by atoms with Crippen LogP contribution < -0.4 is 10.5 Å². The van der Waals surface area contributed by atoms with E-state index < -0.39 is 0 Å². The summed E-state index contributed by atoms with van der Waals surface area (Å²) >= 11 is 0. The third kappa shape index (κ3) is 2.85. The lowest BCUT2D eigenvalue weighted by Crippen LogP contribution is -2.01. The molecule has 17 heavy (non-hydrogen) atoms. The van der Waals surface area contributed by atoms with Gasteiger partial charge in [0.15, 0.2) is 0 Å². The van der Waals surface area contributed by atoms with Gasteiger partial charge < -0.3 is 15.0 Å². The van der Waals surface area contributed by atoms with Crippen LogP contribution in [-0.4, -0.2) is 16.7 Å². The average molecular weight is 231 g/mol. The maximum atomic E-state index is 5.52. The van der Waals surface area contributed by atoms with Gasteiger partial charge in [-0.25, -0.2) is 4.98 Å². The van der Waals surface area contributed by atoms with Crippen molar-refractivity contribution >= 4 is 0 Å². The van der Waals surface area contributed by atoms with Crippen molar-refractivity contribution in [3.8, 4) is 5.75 Å². The molecule has 2 rings (SSSR count). The Balaban J connectivity index is 2.01. The molecule has 0 radical (unpaired) electrons. The van der Waals surface area contributed by atoms with Gasteiger partial charge >= 0.3 is 0 Å². The Labute approximate surface area is 101 Å². The number of methoxy groups -OCH3 is 1. The lowest BCUT2D eigenvalue weighted by atomic mass is 10.1. The van der Waals surface area contributed by atoms with Gasteiger partial charge in [-0.05, 0) is 18.1 Å². The number of ether oxygens (including phenoxy) is 1. The highest BCUT2D eigenvalue weighted by Gasteiger charge is 2.02. The first-order valence-corrected chi connectivity index (χ1v) is 5.66. The van der Waals surface area contributed by atoms with Crippen LogP contribution in [0.2, 0.25) is 0 Å². The minimum Gasteiger partial charge on any atom is -0.496 e. The van der Waals surface area contributed by atoms with Crippen LogP contribution >= 0.6 is 0 Å². The Morgan fingerprint density at radius 1 is 1.35 bits per heavy atom. The fraction of sp³-hybridized carbons (Fsp3) is 0.308. The van der Waals surface area contributed by atoms with Gasteiger partial charge in [0.2, 0.25) is 0 Å². The van der Waals surface area contributed by atoms with E-state index in [1.54, 1.807) is 7.11 Å². The topological polar surface area (TPSA) is 53.1 Å². The first kappa shape index (κ1) is 11.7.